The number of urea groups is 1. The van der Waals surface area contributed by atoms with Gasteiger partial charge in [0.05, 0.1) is 10.0 Å². The number of carbonyl (C=O) groups is 1. The Hall–Kier alpha value is -2.60. The minimum absolute atomic E-state index is 0.254. The van der Waals surface area contributed by atoms with Crippen molar-refractivity contribution in [1.82, 2.24) is 4.90 Å². The van der Waals surface area contributed by atoms with Gasteiger partial charge in [-0.3, -0.25) is 9.80 Å². The predicted molar refractivity (Wildman–Crippen MR) is 137 cm³/mol. The molecule has 3 aromatic carbocycles. The molecule has 1 spiro atoms. The molecule has 2 amide bonds. The fourth-order valence-corrected chi connectivity index (χ4v) is 5.40. The predicted octanol–water partition coefficient (Wildman–Crippen LogP) is 7.03. The molecule has 1 N–H and O–H groups in total. The molecule has 0 atom stereocenters. The molecule has 34 heavy (non-hydrogen) atoms. The topological polar surface area (TPSA) is 35.6 Å². The van der Waals surface area contributed by atoms with Crippen molar-refractivity contribution in [3.05, 3.63) is 93.2 Å². The number of nitrogens with zero attached hydrogens (tertiary/aromatic N) is 2. The van der Waals surface area contributed by atoms with E-state index in [4.69, 9.17) is 23.2 Å². The lowest BCUT2D eigenvalue weighted by atomic mass is 9.74. The van der Waals surface area contributed by atoms with Gasteiger partial charge >= 0.3 is 6.03 Å². The summed E-state index contributed by atoms with van der Waals surface area (Å²) in [5, 5.41) is 3.72. The molecule has 1 fully saturated rings. The largest absolute Gasteiger partial charge is 0.326 e. The Kier molecular flexibility index (Phi) is 6.28. The van der Waals surface area contributed by atoms with Crippen LogP contribution in [0.1, 0.15) is 29.5 Å². The van der Waals surface area contributed by atoms with Crippen LogP contribution in [0.25, 0.3) is 0 Å². The minimum atomic E-state index is -0.271. The van der Waals surface area contributed by atoms with Crippen molar-refractivity contribution in [2.24, 2.45) is 0 Å². The summed E-state index contributed by atoms with van der Waals surface area (Å²) in [6.07, 6.45) is 1.73. The molecular weight excluding hydrogens is 472 g/mol. The molecule has 0 radical (unpaired) electrons. The minimum Gasteiger partial charge on any atom is -0.307 e. The van der Waals surface area contributed by atoms with Crippen LogP contribution in [0.5, 0.6) is 0 Å². The molecule has 2 heterocycles. The molecule has 0 bridgehead atoms. The Labute approximate surface area is 209 Å². The van der Waals surface area contributed by atoms with Crippen LogP contribution >= 0.6 is 23.2 Å². The van der Waals surface area contributed by atoms with Gasteiger partial charge in [-0.2, -0.15) is 0 Å². The Balaban J connectivity index is 1.34. The average molecular weight is 498 g/mol. The second kappa shape index (κ2) is 9.21. The first-order chi connectivity index (χ1) is 16.3. The van der Waals surface area contributed by atoms with Crippen LogP contribution in [-0.4, -0.2) is 30.6 Å². The van der Waals surface area contributed by atoms with E-state index >= 15 is 0 Å². The van der Waals surface area contributed by atoms with Gasteiger partial charge in [-0.1, -0.05) is 53.0 Å². The van der Waals surface area contributed by atoms with Crippen LogP contribution in [0, 0.1) is 12.7 Å². The van der Waals surface area contributed by atoms with Crippen LogP contribution in [0.3, 0.4) is 0 Å². The summed E-state index contributed by atoms with van der Waals surface area (Å²) in [5.74, 6) is -0.271. The highest BCUT2D eigenvalue weighted by molar-refractivity contribution is 6.42. The van der Waals surface area contributed by atoms with Gasteiger partial charge in [0.2, 0.25) is 0 Å². The monoisotopic (exact) mass is 497 g/mol. The highest BCUT2D eigenvalue weighted by Crippen LogP contribution is 2.47. The number of benzene rings is 3. The number of hydrogen-bond donors (Lipinski definition) is 1. The van der Waals surface area contributed by atoms with Crippen LogP contribution in [0.2, 0.25) is 10.0 Å². The first-order valence-corrected chi connectivity index (χ1v) is 12.2. The second-order valence-electron chi connectivity index (χ2n) is 9.35. The maximum atomic E-state index is 14.3. The Morgan fingerprint density at radius 2 is 1.74 bits per heavy atom. The van der Waals surface area contributed by atoms with Crippen LogP contribution in [0.4, 0.5) is 20.6 Å². The van der Waals surface area contributed by atoms with Crippen molar-refractivity contribution in [3.8, 4) is 0 Å². The summed E-state index contributed by atoms with van der Waals surface area (Å²) >= 11 is 12.1. The third-order valence-corrected chi connectivity index (χ3v) is 7.78. The van der Waals surface area contributed by atoms with E-state index in [0.29, 0.717) is 22.3 Å². The first-order valence-electron chi connectivity index (χ1n) is 11.4. The number of aryl methyl sites for hydroxylation is 1. The fraction of sp³-hybridized carbons (Fsp3) is 0.296. The van der Waals surface area contributed by atoms with Crippen LogP contribution in [0.15, 0.2) is 60.7 Å². The van der Waals surface area contributed by atoms with Crippen molar-refractivity contribution in [2.75, 3.05) is 29.9 Å². The van der Waals surface area contributed by atoms with E-state index in [9.17, 15) is 9.18 Å². The second-order valence-corrected chi connectivity index (χ2v) is 10.2. The lowest BCUT2D eigenvalue weighted by Crippen LogP contribution is -2.46. The Morgan fingerprint density at radius 1 is 1.00 bits per heavy atom. The smallest absolute Gasteiger partial charge is 0.307 e. The number of anilines is 2. The average Bonchev–Trinajstić information content (AvgIpc) is 3.13. The van der Waals surface area contributed by atoms with E-state index in [1.165, 1.54) is 17.2 Å². The maximum absolute atomic E-state index is 14.3. The zero-order valence-corrected chi connectivity index (χ0v) is 20.5. The van der Waals surface area contributed by atoms with Gasteiger partial charge in [0.15, 0.2) is 0 Å². The third-order valence-electron chi connectivity index (χ3n) is 7.04. The summed E-state index contributed by atoms with van der Waals surface area (Å²) < 4.78 is 14.3. The first kappa shape index (κ1) is 23.2. The van der Waals surface area contributed by atoms with Crippen molar-refractivity contribution in [3.63, 3.8) is 0 Å². The number of halogens is 3. The number of likely N-dealkylation sites (tertiary alicyclic amines) is 1. The highest BCUT2D eigenvalue weighted by Gasteiger charge is 2.46. The molecule has 4 nitrogen and oxygen atoms in total. The molecule has 7 heteroatoms. The van der Waals surface area contributed by atoms with Crippen LogP contribution < -0.4 is 10.2 Å². The molecule has 2 aliphatic rings. The number of amides is 2. The molecule has 5 rings (SSSR count). The van der Waals surface area contributed by atoms with E-state index in [1.807, 2.05) is 0 Å². The van der Waals surface area contributed by atoms with Crippen molar-refractivity contribution < 1.29 is 9.18 Å². The Morgan fingerprint density at radius 3 is 2.44 bits per heavy atom. The zero-order valence-electron chi connectivity index (χ0n) is 19.0. The quantitative estimate of drug-likeness (QED) is 0.421. The van der Waals surface area contributed by atoms with Gasteiger partial charge in [-0.15, -0.1) is 0 Å². The van der Waals surface area contributed by atoms with Gasteiger partial charge in [0, 0.05) is 29.9 Å². The molecule has 0 saturated carbocycles. The highest BCUT2D eigenvalue weighted by atomic mass is 35.5. The molecular formula is C27H26Cl2FN3O. The third kappa shape index (κ3) is 4.52. The lowest BCUT2D eigenvalue weighted by Gasteiger charge is -2.40. The summed E-state index contributed by atoms with van der Waals surface area (Å²) in [6, 6.07) is 18.1. The number of rotatable bonds is 3. The van der Waals surface area contributed by atoms with E-state index in [-0.39, 0.29) is 17.3 Å². The van der Waals surface area contributed by atoms with Crippen LogP contribution in [-0.2, 0) is 12.0 Å². The molecule has 3 aromatic rings. The number of fused-ring (bicyclic) bond motifs is 2. The van der Waals surface area contributed by atoms with E-state index < -0.39 is 0 Å². The number of nitrogens with one attached hydrogen (secondary N) is 1. The van der Waals surface area contributed by atoms with E-state index in [1.54, 1.807) is 35.2 Å². The van der Waals surface area contributed by atoms with Gasteiger partial charge in [0.25, 0.3) is 0 Å². The summed E-state index contributed by atoms with van der Waals surface area (Å²) in [7, 11) is 0. The Bertz CT molecular complexity index is 1220. The number of carbonyl (C=O) groups excluding carboxylic acids is 1. The van der Waals surface area contributed by atoms with Crippen molar-refractivity contribution in [2.45, 2.75) is 31.7 Å². The van der Waals surface area contributed by atoms with Gasteiger partial charge in [0.1, 0.15) is 5.82 Å². The standard InChI is InChI=1S/C27H26Cl2FN3O/c1-18-2-4-19(5-3-18)16-32-12-10-27(11-13-32)17-33(25-9-6-20(30)14-22(25)27)26(34)31-21-7-8-23(28)24(29)15-21/h2-9,14-15H,10-13,16-17H2,1H3,(H,31,34). The zero-order chi connectivity index (χ0) is 23.9. The van der Waals surface area contributed by atoms with Crippen molar-refractivity contribution in [1.29, 1.82) is 0 Å². The maximum Gasteiger partial charge on any atom is 0.326 e. The normalized spacial score (nSPS) is 17.1. The molecule has 2 aliphatic heterocycles. The molecule has 0 aliphatic carbocycles. The summed E-state index contributed by atoms with van der Waals surface area (Å²) in [6.45, 7) is 5.30. The number of piperidine rings is 1. The lowest BCUT2D eigenvalue weighted by molar-refractivity contribution is 0.160. The van der Waals surface area contributed by atoms with Crippen molar-refractivity contribution >= 4 is 40.6 Å². The molecule has 176 valence electrons. The number of hydrogen-bond acceptors (Lipinski definition) is 2. The van der Waals surface area contributed by atoms with Gasteiger partial charge < -0.3 is 5.32 Å². The van der Waals surface area contributed by atoms with E-state index in [0.717, 1.165) is 43.7 Å². The fourth-order valence-electron chi connectivity index (χ4n) is 5.11. The molecule has 0 aromatic heterocycles. The van der Waals surface area contributed by atoms with Gasteiger partial charge in [-0.25, -0.2) is 9.18 Å². The SMILES string of the molecule is Cc1ccc(CN2CCC3(CC2)CN(C(=O)Nc2ccc(Cl)c(Cl)c2)c2ccc(F)cc23)cc1. The summed E-state index contributed by atoms with van der Waals surface area (Å²) in [4.78, 5) is 17.4. The summed E-state index contributed by atoms with van der Waals surface area (Å²) in [5.41, 5.74) is 4.55. The molecule has 0 unspecified atom stereocenters. The van der Waals surface area contributed by atoms with Gasteiger partial charge in [-0.05, 0) is 80.4 Å². The molecule has 1 saturated heterocycles. The van der Waals surface area contributed by atoms with E-state index in [2.05, 4.69) is 41.4 Å².